The Morgan fingerprint density at radius 1 is 1.27 bits per heavy atom. The molecule has 0 aromatic carbocycles. The van der Waals surface area contributed by atoms with Crippen LogP contribution in [0.5, 0.6) is 0 Å². The third-order valence-electron chi connectivity index (χ3n) is 3.32. The van der Waals surface area contributed by atoms with Crippen LogP contribution in [0, 0.1) is 11.8 Å². The van der Waals surface area contributed by atoms with Crippen LogP contribution in [0.3, 0.4) is 0 Å². The zero-order chi connectivity index (χ0) is 10.7. The number of hydrogen-bond acceptors (Lipinski definition) is 2. The van der Waals surface area contributed by atoms with Crippen LogP contribution in [-0.4, -0.2) is 6.04 Å². The summed E-state index contributed by atoms with van der Waals surface area (Å²) in [5, 5.41) is 3.59. The molecular formula is C13H21NO. The first-order valence-electron chi connectivity index (χ1n) is 6.00. The van der Waals surface area contributed by atoms with Gasteiger partial charge in [-0.2, -0.15) is 0 Å². The molecule has 2 atom stereocenters. The van der Waals surface area contributed by atoms with E-state index in [0.29, 0.717) is 6.04 Å². The maximum Gasteiger partial charge on any atom is 0.117 e. The van der Waals surface area contributed by atoms with E-state index in [1.54, 1.807) is 6.26 Å². The van der Waals surface area contributed by atoms with Crippen molar-refractivity contribution in [3.05, 3.63) is 24.2 Å². The van der Waals surface area contributed by atoms with Crippen molar-refractivity contribution >= 4 is 0 Å². The normalized spacial score (nSPS) is 31.7. The Morgan fingerprint density at radius 2 is 2.00 bits per heavy atom. The van der Waals surface area contributed by atoms with Gasteiger partial charge < -0.3 is 9.73 Å². The second-order valence-electron chi connectivity index (χ2n) is 5.07. The van der Waals surface area contributed by atoms with E-state index in [4.69, 9.17) is 4.42 Å². The van der Waals surface area contributed by atoms with Crippen molar-refractivity contribution in [2.75, 3.05) is 0 Å². The number of furan rings is 1. The molecule has 1 heterocycles. The maximum absolute atomic E-state index is 5.32. The lowest BCUT2D eigenvalue weighted by Gasteiger charge is -2.31. The quantitative estimate of drug-likeness (QED) is 0.823. The molecule has 0 aliphatic heterocycles. The molecule has 1 aromatic rings. The fourth-order valence-corrected chi connectivity index (χ4v) is 2.77. The van der Waals surface area contributed by atoms with Gasteiger partial charge in [0, 0.05) is 6.04 Å². The van der Waals surface area contributed by atoms with Crippen molar-refractivity contribution in [2.24, 2.45) is 11.8 Å². The third-order valence-corrected chi connectivity index (χ3v) is 3.32. The van der Waals surface area contributed by atoms with Crippen molar-refractivity contribution in [1.82, 2.24) is 5.32 Å². The largest absolute Gasteiger partial charge is 0.468 e. The second kappa shape index (κ2) is 4.84. The molecule has 2 nitrogen and oxygen atoms in total. The number of nitrogens with one attached hydrogen (secondary N) is 1. The Morgan fingerprint density at radius 3 is 2.60 bits per heavy atom. The van der Waals surface area contributed by atoms with E-state index in [1.165, 1.54) is 19.3 Å². The molecule has 1 aromatic heterocycles. The minimum Gasteiger partial charge on any atom is -0.468 e. The van der Waals surface area contributed by atoms with Crippen LogP contribution in [-0.2, 0) is 6.54 Å². The number of hydrogen-bond donors (Lipinski definition) is 1. The van der Waals surface area contributed by atoms with Crippen LogP contribution in [0.15, 0.2) is 22.8 Å². The van der Waals surface area contributed by atoms with Crippen LogP contribution in [0.2, 0.25) is 0 Å². The molecule has 1 saturated carbocycles. The van der Waals surface area contributed by atoms with Gasteiger partial charge in [0.15, 0.2) is 0 Å². The first-order valence-corrected chi connectivity index (χ1v) is 6.00. The SMILES string of the molecule is C[C@@H]1CC(NCc2ccco2)C[C@@H](C)C1. The third kappa shape index (κ3) is 3.10. The average molecular weight is 207 g/mol. The molecule has 2 heteroatoms. The Bertz CT molecular complexity index is 271. The van der Waals surface area contributed by atoms with Gasteiger partial charge in [0.05, 0.1) is 12.8 Å². The zero-order valence-corrected chi connectivity index (χ0v) is 9.70. The first-order chi connectivity index (χ1) is 7.24. The molecule has 0 spiro atoms. The lowest BCUT2D eigenvalue weighted by molar-refractivity contribution is 0.235. The van der Waals surface area contributed by atoms with Crippen molar-refractivity contribution in [2.45, 2.75) is 45.7 Å². The fraction of sp³-hybridized carbons (Fsp3) is 0.692. The summed E-state index contributed by atoms with van der Waals surface area (Å²) in [4.78, 5) is 0. The first kappa shape index (κ1) is 10.7. The van der Waals surface area contributed by atoms with Crippen molar-refractivity contribution in [3.63, 3.8) is 0 Å². The summed E-state index contributed by atoms with van der Waals surface area (Å²) in [5.41, 5.74) is 0. The van der Waals surface area contributed by atoms with E-state index in [2.05, 4.69) is 19.2 Å². The summed E-state index contributed by atoms with van der Waals surface area (Å²) in [6.07, 6.45) is 5.75. The van der Waals surface area contributed by atoms with Crippen LogP contribution < -0.4 is 5.32 Å². The van der Waals surface area contributed by atoms with Crippen molar-refractivity contribution < 1.29 is 4.42 Å². The standard InChI is InChI=1S/C13H21NO/c1-10-6-11(2)8-12(7-10)14-9-13-4-3-5-15-13/h3-5,10-12,14H,6-9H2,1-2H3/t10-,11-/m0/s1. The Labute approximate surface area is 92.1 Å². The van der Waals surface area contributed by atoms with E-state index in [1.807, 2.05) is 12.1 Å². The molecule has 1 N–H and O–H groups in total. The molecule has 15 heavy (non-hydrogen) atoms. The van der Waals surface area contributed by atoms with Gasteiger partial charge in [-0.15, -0.1) is 0 Å². The lowest BCUT2D eigenvalue weighted by Crippen LogP contribution is -2.35. The van der Waals surface area contributed by atoms with E-state index in [0.717, 1.165) is 24.1 Å². The van der Waals surface area contributed by atoms with Gasteiger partial charge in [-0.05, 0) is 43.2 Å². The van der Waals surface area contributed by atoms with Crippen LogP contribution in [0.25, 0.3) is 0 Å². The molecule has 0 amide bonds. The van der Waals surface area contributed by atoms with Gasteiger partial charge in [-0.25, -0.2) is 0 Å². The van der Waals surface area contributed by atoms with Gasteiger partial charge in [0.1, 0.15) is 5.76 Å². The predicted octanol–water partition coefficient (Wildman–Crippen LogP) is 3.19. The highest BCUT2D eigenvalue weighted by Gasteiger charge is 2.23. The predicted molar refractivity (Wildman–Crippen MR) is 61.5 cm³/mol. The molecule has 1 aliphatic carbocycles. The summed E-state index contributed by atoms with van der Waals surface area (Å²) in [5.74, 6) is 2.77. The molecule has 84 valence electrons. The Kier molecular flexibility index (Phi) is 3.47. The summed E-state index contributed by atoms with van der Waals surface area (Å²) in [7, 11) is 0. The fourth-order valence-electron chi connectivity index (χ4n) is 2.77. The summed E-state index contributed by atoms with van der Waals surface area (Å²) in [6, 6.07) is 4.65. The molecule has 1 fully saturated rings. The highest BCUT2D eigenvalue weighted by atomic mass is 16.3. The van der Waals surface area contributed by atoms with Crippen molar-refractivity contribution in [3.8, 4) is 0 Å². The van der Waals surface area contributed by atoms with Crippen LogP contribution in [0.1, 0.15) is 38.9 Å². The smallest absolute Gasteiger partial charge is 0.117 e. The van der Waals surface area contributed by atoms with Gasteiger partial charge in [-0.1, -0.05) is 13.8 Å². The van der Waals surface area contributed by atoms with Gasteiger partial charge in [-0.3, -0.25) is 0 Å². The molecule has 0 bridgehead atoms. The summed E-state index contributed by atoms with van der Waals surface area (Å²) in [6.45, 7) is 5.59. The monoisotopic (exact) mass is 207 g/mol. The zero-order valence-electron chi connectivity index (χ0n) is 9.70. The maximum atomic E-state index is 5.32. The Hall–Kier alpha value is -0.760. The molecule has 0 unspecified atom stereocenters. The van der Waals surface area contributed by atoms with Gasteiger partial charge >= 0.3 is 0 Å². The molecule has 1 aliphatic rings. The molecular weight excluding hydrogens is 186 g/mol. The number of rotatable bonds is 3. The summed E-state index contributed by atoms with van der Waals surface area (Å²) >= 11 is 0. The lowest BCUT2D eigenvalue weighted by atomic mass is 9.80. The van der Waals surface area contributed by atoms with E-state index in [9.17, 15) is 0 Å². The molecule has 0 saturated heterocycles. The highest BCUT2D eigenvalue weighted by molar-refractivity contribution is 4.98. The second-order valence-corrected chi connectivity index (χ2v) is 5.07. The highest BCUT2D eigenvalue weighted by Crippen LogP contribution is 2.28. The average Bonchev–Trinajstić information content (AvgIpc) is 2.65. The molecule has 0 radical (unpaired) electrons. The topological polar surface area (TPSA) is 25.2 Å². The van der Waals surface area contributed by atoms with E-state index < -0.39 is 0 Å². The van der Waals surface area contributed by atoms with Gasteiger partial charge in [0.2, 0.25) is 0 Å². The minimum atomic E-state index is 0.675. The van der Waals surface area contributed by atoms with E-state index >= 15 is 0 Å². The molecule has 2 rings (SSSR count). The van der Waals surface area contributed by atoms with E-state index in [-0.39, 0.29) is 0 Å². The van der Waals surface area contributed by atoms with Crippen LogP contribution >= 0.6 is 0 Å². The van der Waals surface area contributed by atoms with Gasteiger partial charge in [0.25, 0.3) is 0 Å². The van der Waals surface area contributed by atoms with Crippen LogP contribution in [0.4, 0.5) is 0 Å². The minimum absolute atomic E-state index is 0.675. The Balaban J connectivity index is 1.79. The van der Waals surface area contributed by atoms with Crippen molar-refractivity contribution in [1.29, 1.82) is 0 Å². The summed E-state index contributed by atoms with van der Waals surface area (Å²) < 4.78 is 5.32.